The molecular weight excluding hydrogens is 216 g/mol. The first kappa shape index (κ1) is 14.5. The summed E-state index contributed by atoms with van der Waals surface area (Å²) in [6.45, 7) is 4.84. The molecule has 0 saturated heterocycles. The van der Waals surface area contributed by atoms with Gasteiger partial charge in [0.05, 0.1) is 0 Å². The Kier molecular flexibility index (Phi) is 5.92. The summed E-state index contributed by atoms with van der Waals surface area (Å²) in [5.41, 5.74) is 5.93. The zero-order valence-electron chi connectivity index (χ0n) is 11.1. The van der Waals surface area contributed by atoms with E-state index in [1.807, 2.05) is 18.7 Å². The molecule has 0 aliphatic heterocycles. The van der Waals surface area contributed by atoms with Crippen molar-refractivity contribution in [1.82, 2.24) is 4.90 Å². The Morgan fingerprint density at radius 2 is 2.18 bits per heavy atom. The Bertz CT molecular complexity index is 244. The van der Waals surface area contributed by atoms with Crippen LogP contribution < -0.4 is 5.73 Å². The van der Waals surface area contributed by atoms with Crippen LogP contribution in [0.4, 0.5) is 0 Å². The van der Waals surface area contributed by atoms with Gasteiger partial charge in [-0.15, -0.1) is 0 Å². The van der Waals surface area contributed by atoms with Gasteiger partial charge in [0.15, 0.2) is 0 Å². The molecule has 0 spiro atoms. The van der Waals surface area contributed by atoms with Crippen molar-refractivity contribution in [2.45, 2.75) is 58.0 Å². The van der Waals surface area contributed by atoms with Gasteiger partial charge in [-0.1, -0.05) is 6.42 Å². The summed E-state index contributed by atoms with van der Waals surface area (Å²) in [6.07, 6.45) is 4.55. The summed E-state index contributed by atoms with van der Waals surface area (Å²) in [7, 11) is 0. The van der Waals surface area contributed by atoms with Gasteiger partial charge in [-0.3, -0.25) is 4.79 Å². The third-order valence-electron chi connectivity index (χ3n) is 3.53. The van der Waals surface area contributed by atoms with E-state index in [4.69, 9.17) is 10.8 Å². The van der Waals surface area contributed by atoms with Gasteiger partial charge < -0.3 is 15.7 Å². The lowest BCUT2D eigenvalue weighted by Crippen LogP contribution is -2.44. The van der Waals surface area contributed by atoms with Crippen LogP contribution in [0, 0.1) is 5.92 Å². The van der Waals surface area contributed by atoms with Gasteiger partial charge in [0.1, 0.15) is 0 Å². The fraction of sp³-hybridized carbons (Fsp3) is 0.923. The predicted octanol–water partition coefficient (Wildman–Crippen LogP) is 1.12. The predicted molar refractivity (Wildman–Crippen MR) is 68.5 cm³/mol. The minimum absolute atomic E-state index is 0.0971. The molecule has 1 aliphatic rings. The van der Waals surface area contributed by atoms with E-state index >= 15 is 0 Å². The van der Waals surface area contributed by atoms with E-state index in [-0.39, 0.29) is 30.5 Å². The molecule has 0 heterocycles. The smallest absolute Gasteiger partial charge is 0.225 e. The second-order valence-corrected chi connectivity index (χ2v) is 5.33. The number of hydrogen-bond donors (Lipinski definition) is 2. The Morgan fingerprint density at radius 3 is 2.71 bits per heavy atom. The SMILES string of the molecule is CC(C)N(CCCO)C(=O)C1CCCC(N)C1. The third kappa shape index (κ3) is 4.28. The number of carbonyl (C=O) groups excluding carboxylic acids is 1. The molecule has 2 atom stereocenters. The average Bonchev–Trinajstić information content (AvgIpc) is 2.29. The van der Waals surface area contributed by atoms with Crippen LogP contribution in [0.15, 0.2) is 0 Å². The largest absolute Gasteiger partial charge is 0.396 e. The van der Waals surface area contributed by atoms with Gasteiger partial charge >= 0.3 is 0 Å². The minimum Gasteiger partial charge on any atom is -0.396 e. The van der Waals surface area contributed by atoms with Crippen LogP contribution in [0.3, 0.4) is 0 Å². The molecule has 3 N–H and O–H groups in total. The highest BCUT2D eigenvalue weighted by Crippen LogP contribution is 2.25. The zero-order chi connectivity index (χ0) is 12.8. The molecule has 0 aromatic carbocycles. The summed E-state index contributed by atoms with van der Waals surface area (Å²) >= 11 is 0. The van der Waals surface area contributed by atoms with E-state index in [1.54, 1.807) is 0 Å². The summed E-state index contributed by atoms with van der Waals surface area (Å²) in [5.74, 6) is 0.323. The Hall–Kier alpha value is -0.610. The van der Waals surface area contributed by atoms with E-state index in [0.717, 1.165) is 25.7 Å². The standard InChI is InChI=1S/C13H26N2O2/c1-10(2)15(7-4-8-16)13(17)11-5-3-6-12(14)9-11/h10-12,16H,3-9,14H2,1-2H3. The normalized spacial score (nSPS) is 25.0. The molecule has 0 radical (unpaired) electrons. The van der Waals surface area contributed by atoms with Gasteiger partial charge in [-0.05, 0) is 39.5 Å². The van der Waals surface area contributed by atoms with Gasteiger partial charge in [0.2, 0.25) is 5.91 Å². The number of amides is 1. The van der Waals surface area contributed by atoms with Crippen LogP contribution in [0.2, 0.25) is 0 Å². The number of rotatable bonds is 5. The zero-order valence-corrected chi connectivity index (χ0v) is 11.1. The van der Waals surface area contributed by atoms with E-state index in [0.29, 0.717) is 13.0 Å². The summed E-state index contributed by atoms with van der Waals surface area (Å²) in [4.78, 5) is 14.3. The molecule has 4 nitrogen and oxygen atoms in total. The maximum Gasteiger partial charge on any atom is 0.225 e. The second-order valence-electron chi connectivity index (χ2n) is 5.33. The summed E-state index contributed by atoms with van der Waals surface area (Å²) in [5, 5.41) is 8.87. The maximum atomic E-state index is 12.4. The fourth-order valence-corrected chi connectivity index (χ4v) is 2.55. The summed E-state index contributed by atoms with van der Waals surface area (Å²) < 4.78 is 0. The van der Waals surface area contributed by atoms with Crippen molar-refractivity contribution in [3.8, 4) is 0 Å². The average molecular weight is 242 g/mol. The topological polar surface area (TPSA) is 66.6 Å². The summed E-state index contributed by atoms with van der Waals surface area (Å²) in [6, 6.07) is 0.386. The highest BCUT2D eigenvalue weighted by molar-refractivity contribution is 5.79. The van der Waals surface area contributed by atoms with Crippen LogP contribution in [-0.4, -0.2) is 41.1 Å². The van der Waals surface area contributed by atoms with Crippen molar-refractivity contribution in [2.24, 2.45) is 11.7 Å². The molecule has 0 bridgehead atoms. The number of aliphatic hydroxyl groups is 1. The van der Waals surface area contributed by atoms with Crippen molar-refractivity contribution in [3.63, 3.8) is 0 Å². The van der Waals surface area contributed by atoms with Crippen molar-refractivity contribution in [1.29, 1.82) is 0 Å². The fourth-order valence-electron chi connectivity index (χ4n) is 2.55. The van der Waals surface area contributed by atoms with Gasteiger partial charge in [-0.25, -0.2) is 0 Å². The molecule has 100 valence electrons. The molecule has 1 saturated carbocycles. The van der Waals surface area contributed by atoms with Crippen molar-refractivity contribution < 1.29 is 9.90 Å². The van der Waals surface area contributed by atoms with E-state index in [9.17, 15) is 4.79 Å². The Morgan fingerprint density at radius 1 is 1.47 bits per heavy atom. The number of nitrogens with zero attached hydrogens (tertiary/aromatic N) is 1. The van der Waals surface area contributed by atoms with Gasteiger partial charge in [0.25, 0.3) is 0 Å². The number of aliphatic hydroxyl groups excluding tert-OH is 1. The Balaban J connectivity index is 2.56. The first-order valence-electron chi connectivity index (χ1n) is 6.73. The Labute approximate surface area is 104 Å². The number of carbonyl (C=O) groups is 1. The van der Waals surface area contributed by atoms with Gasteiger partial charge in [-0.2, -0.15) is 0 Å². The van der Waals surface area contributed by atoms with Crippen LogP contribution in [0.25, 0.3) is 0 Å². The van der Waals surface area contributed by atoms with Crippen LogP contribution >= 0.6 is 0 Å². The molecule has 2 unspecified atom stereocenters. The van der Waals surface area contributed by atoms with E-state index < -0.39 is 0 Å². The van der Waals surface area contributed by atoms with Crippen molar-refractivity contribution in [3.05, 3.63) is 0 Å². The molecule has 4 heteroatoms. The van der Waals surface area contributed by atoms with Crippen LogP contribution in [0.5, 0.6) is 0 Å². The second kappa shape index (κ2) is 6.97. The first-order valence-corrected chi connectivity index (χ1v) is 6.73. The highest BCUT2D eigenvalue weighted by Gasteiger charge is 2.29. The monoisotopic (exact) mass is 242 g/mol. The molecule has 1 amide bonds. The van der Waals surface area contributed by atoms with Crippen LogP contribution in [0.1, 0.15) is 46.0 Å². The number of nitrogens with two attached hydrogens (primary N) is 1. The molecule has 1 rings (SSSR count). The lowest BCUT2D eigenvalue weighted by molar-refractivity contribution is -0.138. The molecule has 0 aromatic heterocycles. The lowest BCUT2D eigenvalue weighted by Gasteiger charge is -2.33. The quantitative estimate of drug-likeness (QED) is 0.759. The molecule has 1 fully saturated rings. The van der Waals surface area contributed by atoms with Gasteiger partial charge in [0, 0.05) is 31.2 Å². The highest BCUT2D eigenvalue weighted by atomic mass is 16.3. The maximum absolute atomic E-state index is 12.4. The molecule has 1 aliphatic carbocycles. The third-order valence-corrected chi connectivity index (χ3v) is 3.53. The first-order chi connectivity index (χ1) is 8.06. The molecular formula is C13H26N2O2. The van der Waals surface area contributed by atoms with Crippen molar-refractivity contribution >= 4 is 5.91 Å². The van der Waals surface area contributed by atoms with E-state index in [2.05, 4.69) is 0 Å². The van der Waals surface area contributed by atoms with Crippen LogP contribution in [-0.2, 0) is 4.79 Å². The van der Waals surface area contributed by atoms with E-state index in [1.165, 1.54) is 0 Å². The molecule has 0 aromatic rings. The minimum atomic E-state index is 0.0971. The molecule has 17 heavy (non-hydrogen) atoms. The number of hydrogen-bond acceptors (Lipinski definition) is 3. The van der Waals surface area contributed by atoms with Crippen molar-refractivity contribution in [2.75, 3.05) is 13.2 Å². The lowest BCUT2D eigenvalue weighted by atomic mass is 9.85.